The van der Waals surface area contributed by atoms with E-state index in [0.717, 1.165) is 12.1 Å². The molecule has 0 fully saturated rings. The molecule has 0 aromatic heterocycles. The standard InChI is InChI=1S/C11H5N3O7/c15-5-6-1-2-8-7(3-6)4-9(12(16)17)11(14(20)21)10(8)13(18)19/h1-5H. The smallest absolute Gasteiger partial charge is 0.298 e. The molecule has 0 aliphatic heterocycles. The Morgan fingerprint density at radius 2 is 1.48 bits per heavy atom. The van der Waals surface area contributed by atoms with Crippen molar-refractivity contribution in [3.63, 3.8) is 0 Å². The third kappa shape index (κ3) is 2.25. The summed E-state index contributed by atoms with van der Waals surface area (Å²) in [5.74, 6) is 0. The molecule has 10 heteroatoms. The van der Waals surface area contributed by atoms with Gasteiger partial charge in [-0.3, -0.25) is 35.1 Å². The van der Waals surface area contributed by atoms with Gasteiger partial charge in [0.1, 0.15) is 6.29 Å². The maximum atomic E-state index is 11.1. The van der Waals surface area contributed by atoms with Gasteiger partial charge in [-0.25, -0.2) is 0 Å². The van der Waals surface area contributed by atoms with Crippen LogP contribution in [0.4, 0.5) is 17.1 Å². The third-order valence-corrected chi connectivity index (χ3v) is 2.79. The molecule has 21 heavy (non-hydrogen) atoms. The first-order valence-electron chi connectivity index (χ1n) is 5.36. The zero-order valence-corrected chi connectivity index (χ0v) is 10.1. The normalized spacial score (nSPS) is 10.3. The average molecular weight is 291 g/mol. The van der Waals surface area contributed by atoms with E-state index in [-0.39, 0.29) is 16.3 Å². The Balaban J connectivity index is 3.04. The van der Waals surface area contributed by atoms with Crippen LogP contribution in [0.15, 0.2) is 24.3 Å². The van der Waals surface area contributed by atoms with Crippen molar-refractivity contribution in [1.82, 2.24) is 0 Å². The largest absolute Gasteiger partial charge is 0.422 e. The van der Waals surface area contributed by atoms with E-state index in [4.69, 9.17) is 0 Å². The molecule has 0 heterocycles. The highest BCUT2D eigenvalue weighted by atomic mass is 16.6. The number of nitro groups is 3. The highest BCUT2D eigenvalue weighted by Crippen LogP contribution is 2.42. The van der Waals surface area contributed by atoms with Crippen molar-refractivity contribution < 1.29 is 19.6 Å². The fourth-order valence-corrected chi connectivity index (χ4v) is 1.96. The predicted octanol–water partition coefficient (Wildman–Crippen LogP) is 2.38. The topological polar surface area (TPSA) is 146 Å². The summed E-state index contributed by atoms with van der Waals surface area (Å²) in [5.41, 5.74) is -3.01. The molecule has 10 nitrogen and oxygen atoms in total. The van der Waals surface area contributed by atoms with Gasteiger partial charge >= 0.3 is 17.1 Å². The van der Waals surface area contributed by atoms with Crippen molar-refractivity contribution in [2.45, 2.75) is 0 Å². The Bertz CT molecular complexity index is 815. The Labute approximate surface area is 115 Å². The van der Waals surface area contributed by atoms with Crippen LogP contribution in [0, 0.1) is 30.3 Å². The molecule has 0 N–H and O–H groups in total. The molecule has 2 rings (SSSR count). The van der Waals surface area contributed by atoms with Crippen LogP contribution in [0.3, 0.4) is 0 Å². The molecular weight excluding hydrogens is 286 g/mol. The second-order valence-electron chi connectivity index (χ2n) is 3.96. The molecule has 0 saturated heterocycles. The van der Waals surface area contributed by atoms with Crippen molar-refractivity contribution in [3.05, 3.63) is 60.2 Å². The van der Waals surface area contributed by atoms with Gasteiger partial charge in [-0.15, -0.1) is 0 Å². The van der Waals surface area contributed by atoms with Gasteiger partial charge in [0, 0.05) is 11.6 Å². The number of carbonyl (C=O) groups excluding carboxylic acids is 1. The number of carbonyl (C=O) groups is 1. The van der Waals surface area contributed by atoms with Gasteiger partial charge < -0.3 is 0 Å². The van der Waals surface area contributed by atoms with Crippen LogP contribution in [0.25, 0.3) is 10.8 Å². The van der Waals surface area contributed by atoms with Crippen LogP contribution in [-0.4, -0.2) is 21.1 Å². The first-order valence-corrected chi connectivity index (χ1v) is 5.36. The summed E-state index contributed by atoms with van der Waals surface area (Å²) < 4.78 is 0. The lowest BCUT2D eigenvalue weighted by atomic mass is 10.0. The number of hydrogen-bond acceptors (Lipinski definition) is 7. The Morgan fingerprint density at radius 1 is 0.857 bits per heavy atom. The molecule has 0 aliphatic rings. The van der Waals surface area contributed by atoms with Crippen molar-refractivity contribution >= 4 is 34.1 Å². The number of rotatable bonds is 4. The lowest BCUT2D eigenvalue weighted by molar-refractivity contribution is -0.440. The SMILES string of the molecule is O=Cc1ccc2c([N+](=O)[O-])c([N+](=O)[O-])c([N+](=O)[O-])cc2c1. The van der Waals surface area contributed by atoms with E-state index in [2.05, 4.69) is 0 Å². The summed E-state index contributed by atoms with van der Waals surface area (Å²) in [4.78, 5) is 40.4. The van der Waals surface area contributed by atoms with Gasteiger partial charge in [-0.1, -0.05) is 6.07 Å². The van der Waals surface area contributed by atoms with Gasteiger partial charge in [0.2, 0.25) is 0 Å². The molecule has 0 aliphatic carbocycles. The predicted molar refractivity (Wildman–Crippen MR) is 69.3 cm³/mol. The average Bonchev–Trinajstić information content (AvgIpc) is 2.43. The number of aldehydes is 1. The second-order valence-corrected chi connectivity index (χ2v) is 3.96. The minimum absolute atomic E-state index is 0.00333. The van der Waals surface area contributed by atoms with Crippen LogP contribution in [-0.2, 0) is 0 Å². The molecular formula is C11H5N3O7. The molecule has 0 bridgehead atoms. The molecule has 0 spiro atoms. The second kappa shape index (κ2) is 4.92. The molecule has 0 unspecified atom stereocenters. The van der Waals surface area contributed by atoms with Crippen molar-refractivity contribution in [2.75, 3.05) is 0 Å². The maximum absolute atomic E-state index is 11.1. The molecule has 2 aromatic rings. The zero-order valence-electron chi connectivity index (χ0n) is 10.1. The Morgan fingerprint density at radius 3 is 1.95 bits per heavy atom. The number of benzene rings is 2. The first-order chi connectivity index (χ1) is 9.86. The monoisotopic (exact) mass is 291 g/mol. The summed E-state index contributed by atoms with van der Waals surface area (Å²) in [5, 5.41) is 32.8. The summed E-state index contributed by atoms with van der Waals surface area (Å²) in [6, 6.07) is 4.41. The Hall–Kier alpha value is -3.43. The van der Waals surface area contributed by atoms with Gasteiger partial charge in [-0.05, 0) is 17.5 Å². The van der Waals surface area contributed by atoms with Crippen LogP contribution < -0.4 is 0 Å². The number of nitrogens with zero attached hydrogens (tertiary/aromatic N) is 3. The van der Waals surface area contributed by atoms with Crippen LogP contribution in [0.2, 0.25) is 0 Å². The molecule has 0 saturated carbocycles. The van der Waals surface area contributed by atoms with E-state index in [9.17, 15) is 35.1 Å². The van der Waals surface area contributed by atoms with Crippen LogP contribution in [0.1, 0.15) is 10.4 Å². The number of nitro benzene ring substituents is 3. The van der Waals surface area contributed by atoms with E-state index < -0.39 is 31.8 Å². The highest BCUT2D eigenvalue weighted by Gasteiger charge is 2.38. The fraction of sp³-hybridized carbons (Fsp3) is 0. The number of fused-ring (bicyclic) bond motifs is 1. The summed E-state index contributed by atoms with van der Waals surface area (Å²) in [6.45, 7) is 0. The molecule has 0 atom stereocenters. The van der Waals surface area contributed by atoms with Crippen molar-refractivity contribution in [3.8, 4) is 0 Å². The molecule has 0 amide bonds. The zero-order chi connectivity index (χ0) is 15.7. The molecule has 0 radical (unpaired) electrons. The van der Waals surface area contributed by atoms with E-state index in [1.807, 2.05) is 0 Å². The van der Waals surface area contributed by atoms with Gasteiger partial charge in [-0.2, -0.15) is 0 Å². The first kappa shape index (κ1) is 14.0. The van der Waals surface area contributed by atoms with Crippen LogP contribution >= 0.6 is 0 Å². The Kier molecular flexibility index (Phi) is 3.28. The number of hydrogen-bond donors (Lipinski definition) is 0. The minimum Gasteiger partial charge on any atom is -0.298 e. The van der Waals surface area contributed by atoms with Crippen molar-refractivity contribution in [2.24, 2.45) is 0 Å². The highest BCUT2D eigenvalue weighted by molar-refractivity contribution is 6.00. The van der Waals surface area contributed by atoms with Gasteiger partial charge in [0.05, 0.1) is 20.2 Å². The van der Waals surface area contributed by atoms with Gasteiger partial charge in [0.25, 0.3) is 0 Å². The lowest BCUT2D eigenvalue weighted by Crippen LogP contribution is -2.02. The maximum Gasteiger partial charge on any atom is 0.422 e. The van der Waals surface area contributed by atoms with E-state index in [1.165, 1.54) is 12.1 Å². The van der Waals surface area contributed by atoms with E-state index in [0.29, 0.717) is 6.29 Å². The molecule has 106 valence electrons. The molecule has 2 aromatic carbocycles. The fourth-order valence-electron chi connectivity index (χ4n) is 1.96. The lowest BCUT2D eigenvalue weighted by Gasteiger charge is -2.02. The van der Waals surface area contributed by atoms with E-state index >= 15 is 0 Å². The quantitative estimate of drug-likeness (QED) is 0.477. The summed E-state index contributed by atoms with van der Waals surface area (Å²) in [7, 11) is 0. The van der Waals surface area contributed by atoms with Crippen LogP contribution in [0.5, 0.6) is 0 Å². The third-order valence-electron chi connectivity index (χ3n) is 2.79. The summed E-state index contributed by atoms with van der Waals surface area (Å²) in [6.07, 6.45) is 0.457. The van der Waals surface area contributed by atoms with Crippen molar-refractivity contribution in [1.29, 1.82) is 0 Å². The summed E-state index contributed by atoms with van der Waals surface area (Å²) >= 11 is 0. The van der Waals surface area contributed by atoms with E-state index in [1.54, 1.807) is 0 Å². The minimum atomic E-state index is -1.18. The van der Waals surface area contributed by atoms with Gasteiger partial charge in [0.15, 0.2) is 0 Å².